The van der Waals surface area contributed by atoms with Crippen molar-refractivity contribution in [3.8, 4) is 18.4 Å². The topological polar surface area (TPSA) is 112 Å². The molecule has 0 aliphatic heterocycles. The van der Waals surface area contributed by atoms with Gasteiger partial charge in [0.15, 0.2) is 0 Å². The van der Waals surface area contributed by atoms with E-state index in [-0.39, 0.29) is 19.8 Å². The maximum atomic E-state index is 12.4. The summed E-state index contributed by atoms with van der Waals surface area (Å²) in [6.07, 6.45) is 5.81. The Bertz CT molecular complexity index is 691. The van der Waals surface area contributed by atoms with Gasteiger partial charge in [0.05, 0.1) is 11.6 Å². The van der Waals surface area contributed by atoms with Crippen molar-refractivity contribution in [3.63, 3.8) is 0 Å². The van der Waals surface area contributed by atoms with Gasteiger partial charge < -0.3 is 14.8 Å². The van der Waals surface area contributed by atoms with Crippen LogP contribution in [0.25, 0.3) is 0 Å². The summed E-state index contributed by atoms with van der Waals surface area (Å²) in [6, 6.07) is 6.97. The van der Waals surface area contributed by atoms with Crippen LogP contribution in [-0.2, 0) is 14.3 Å². The third-order valence-corrected chi connectivity index (χ3v) is 3.53. The normalized spacial score (nSPS) is 11.1. The Hall–Kier alpha value is -2.91. The second-order valence-electron chi connectivity index (χ2n) is 5.48. The summed E-state index contributed by atoms with van der Waals surface area (Å²) in [5, 5.41) is 21.5. The van der Waals surface area contributed by atoms with E-state index < -0.39 is 17.9 Å². The molecule has 0 fully saturated rings. The number of ether oxygens (including phenoxy) is 2. The van der Waals surface area contributed by atoms with Crippen molar-refractivity contribution >= 4 is 11.8 Å². The zero-order chi connectivity index (χ0) is 20.1. The van der Waals surface area contributed by atoms with Crippen LogP contribution in [0.4, 0.5) is 0 Å². The molecule has 0 saturated heterocycles. The van der Waals surface area contributed by atoms with Gasteiger partial charge in [-0.15, -0.1) is 6.42 Å². The average Bonchev–Trinajstić information content (AvgIpc) is 2.69. The quantitative estimate of drug-likeness (QED) is 0.199. The van der Waals surface area contributed by atoms with E-state index in [0.717, 1.165) is 0 Å². The first-order valence-electron chi connectivity index (χ1n) is 8.43. The van der Waals surface area contributed by atoms with Crippen LogP contribution in [0.15, 0.2) is 24.3 Å². The molecule has 0 heterocycles. The van der Waals surface area contributed by atoms with Gasteiger partial charge in [0.1, 0.15) is 19.4 Å². The van der Waals surface area contributed by atoms with Gasteiger partial charge in [0, 0.05) is 18.8 Å². The number of hydrogen-bond donors (Lipinski definition) is 2. The fourth-order valence-electron chi connectivity index (χ4n) is 2.13. The van der Waals surface area contributed by atoms with Crippen molar-refractivity contribution in [1.29, 1.82) is 5.26 Å². The average molecular weight is 373 g/mol. The number of hydrogen-bond acceptors (Lipinski definition) is 6. The van der Waals surface area contributed by atoms with Gasteiger partial charge >= 0.3 is 0 Å². The Kier molecular flexibility index (Phi) is 10.2. The molecule has 1 aromatic carbocycles. The molecule has 8 nitrogen and oxygen atoms in total. The fraction of sp³-hybridized carbons (Fsp3) is 0.421. The molecule has 0 aromatic heterocycles. The number of terminal acetylenes is 1. The van der Waals surface area contributed by atoms with Crippen LogP contribution < -0.4 is 5.32 Å². The zero-order valence-electron chi connectivity index (χ0n) is 15.2. The lowest BCUT2D eigenvalue weighted by Gasteiger charge is -2.22. The van der Waals surface area contributed by atoms with Crippen molar-refractivity contribution in [2.75, 3.05) is 26.6 Å². The van der Waals surface area contributed by atoms with E-state index in [9.17, 15) is 14.8 Å². The number of benzene rings is 1. The molecule has 0 unspecified atom stereocenters. The molecule has 0 radical (unpaired) electrons. The third-order valence-electron chi connectivity index (χ3n) is 3.53. The van der Waals surface area contributed by atoms with E-state index in [0.29, 0.717) is 35.8 Å². The highest BCUT2D eigenvalue weighted by Gasteiger charge is 2.25. The standard InChI is InChI=1S/C19H23N3O5/c1-3-11-22(25)19(24)17(6-5-12-27-14-26-4-2)21-18(23)16-9-7-15(13-20)8-10-16/h1,7-10,17,25H,4-6,11-12,14H2,2H3,(H,21,23)/t17-/m0/s1. The summed E-state index contributed by atoms with van der Waals surface area (Å²) in [4.78, 5) is 24.7. The lowest BCUT2D eigenvalue weighted by atomic mass is 10.1. The summed E-state index contributed by atoms with van der Waals surface area (Å²) < 4.78 is 10.3. The number of rotatable bonds is 11. The molecular formula is C19H23N3O5. The number of carbonyl (C=O) groups excluding carboxylic acids is 2. The Balaban J connectivity index is 2.71. The predicted octanol–water partition coefficient (Wildman–Crippen LogP) is 1.30. The molecule has 2 N–H and O–H groups in total. The predicted molar refractivity (Wildman–Crippen MR) is 96.4 cm³/mol. The molecule has 1 atom stereocenters. The third kappa shape index (κ3) is 7.89. The summed E-state index contributed by atoms with van der Waals surface area (Å²) in [5.41, 5.74) is 0.710. The van der Waals surface area contributed by atoms with Crippen molar-refractivity contribution in [2.45, 2.75) is 25.8 Å². The van der Waals surface area contributed by atoms with Crippen LogP contribution >= 0.6 is 0 Å². The van der Waals surface area contributed by atoms with E-state index in [1.165, 1.54) is 24.3 Å². The maximum Gasteiger partial charge on any atom is 0.269 e. The van der Waals surface area contributed by atoms with Crippen LogP contribution in [0, 0.1) is 23.7 Å². The molecule has 0 aliphatic rings. The van der Waals surface area contributed by atoms with Crippen LogP contribution in [0.3, 0.4) is 0 Å². The minimum absolute atomic E-state index is 0.149. The van der Waals surface area contributed by atoms with Crippen molar-refractivity contribution in [2.24, 2.45) is 0 Å². The highest BCUT2D eigenvalue weighted by molar-refractivity contribution is 5.97. The molecule has 144 valence electrons. The lowest BCUT2D eigenvalue weighted by Crippen LogP contribution is -2.47. The first kappa shape index (κ1) is 22.1. The summed E-state index contributed by atoms with van der Waals surface area (Å²) in [6.45, 7) is 2.57. The molecule has 1 aromatic rings. The van der Waals surface area contributed by atoms with Crippen molar-refractivity contribution < 1.29 is 24.3 Å². The van der Waals surface area contributed by atoms with Gasteiger partial charge in [-0.1, -0.05) is 5.92 Å². The monoisotopic (exact) mass is 373 g/mol. The van der Waals surface area contributed by atoms with Gasteiger partial charge in [0.2, 0.25) is 0 Å². The van der Waals surface area contributed by atoms with Crippen LogP contribution in [0.1, 0.15) is 35.7 Å². The Morgan fingerprint density at radius 3 is 2.63 bits per heavy atom. The number of carbonyl (C=O) groups is 2. The largest absolute Gasteiger partial charge is 0.356 e. The zero-order valence-corrected chi connectivity index (χ0v) is 15.2. The lowest BCUT2D eigenvalue weighted by molar-refractivity contribution is -0.164. The molecule has 0 saturated carbocycles. The minimum Gasteiger partial charge on any atom is -0.356 e. The van der Waals surface area contributed by atoms with E-state index in [1.54, 1.807) is 0 Å². The second kappa shape index (κ2) is 12.4. The number of hydroxylamine groups is 2. The number of amides is 2. The van der Waals surface area contributed by atoms with Gasteiger partial charge in [0.25, 0.3) is 11.8 Å². The van der Waals surface area contributed by atoms with Crippen LogP contribution in [0.2, 0.25) is 0 Å². The van der Waals surface area contributed by atoms with E-state index in [1.807, 2.05) is 13.0 Å². The molecule has 8 heteroatoms. The SMILES string of the molecule is C#CCN(O)C(=O)[C@H](CCCOCOCC)NC(=O)c1ccc(C#N)cc1. The van der Waals surface area contributed by atoms with Gasteiger partial charge in [-0.3, -0.25) is 14.8 Å². The molecule has 2 amide bonds. The Labute approximate surface area is 158 Å². The first-order valence-corrected chi connectivity index (χ1v) is 8.43. The summed E-state index contributed by atoms with van der Waals surface area (Å²) >= 11 is 0. The summed E-state index contributed by atoms with van der Waals surface area (Å²) in [5.74, 6) is 0.955. The van der Waals surface area contributed by atoms with Gasteiger partial charge in [-0.25, -0.2) is 5.06 Å². The maximum absolute atomic E-state index is 12.4. The molecule has 0 bridgehead atoms. The smallest absolute Gasteiger partial charge is 0.269 e. The Morgan fingerprint density at radius 2 is 2.04 bits per heavy atom. The highest BCUT2D eigenvalue weighted by atomic mass is 16.7. The number of nitrogens with one attached hydrogen (secondary N) is 1. The minimum atomic E-state index is -0.970. The first-order chi connectivity index (χ1) is 13.0. The van der Waals surface area contributed by atoms with Crippen molar-refractivity contribution in [3.05, 3.63) is 35.4 Å². The Morgan fingerprint density at radius 1 is 1.33 bits per heavy atom. The molecule has 0 aliphatic carbocycles. The highest BCUT2D eigenvalue weighted by Crippen LogP contribution is 2.07. The van der Waals surface area contributed by atoms with Crippen LogP contribution in [-0.4, -0.2) is 54.7 Å². The van der Waals surface area contributed by atoms with Crippen molar-refractivity contribution in [1.82, 2.24) is 10.4 Å². The number of nitrogens with zero attached hydrogens (tertiary/aromatic N) is 2. The van der Waals surface area contributed by atoms with Gasteiger partial charge in [-0.05, 0) is 44.0 Å². The summed E-state index contributed by atoms with van der Waals surface area (Å²) in [7, 11) is 0. The molecule has 27 heavy (non-hydrogen) atoms. The van der Waals surface area contributed by atoms with E-state index >= 15 is 0 Å². The molecular weight excluding hydrogens is 350 g/mol. The van der Waals surface area contributed by atoms with E-state index in [2.05, 4.69) is 11.2 Å². The molecule has 0 spiro atoms. The fourth-order valence-corrected chi connectivity index (χ4v) is 2.13. The molecule has 1 rings (SSSR count). The van der Waals surface area contributed by atoms with Crippen LogP contribution in [0.5, 0.6) is 0 Å². The second-order valence-corrected chi connectivity index (χ2v) is 5.48. The van der Waals surface area contributed by atoms with E-state index in [4.69, 9.17) is 21.2 Å². The van der Waals surface area contributed by atoms with Gasteiger partial charge in [-0.2, -0.15) is 5.26 Å². The number of nitriles is 1.